The van der Waals surface area contributed by atoms with Gasteiger partial charge in [0.2, 0.25) is 5.95 Å². The Kier molecular flexibility index (Phi) is 7.97. The fourth-order valence-electron chi connectivity index (χ4n) is 5.10. The Bertz CT molecular complexity index is 1830. The number of carbonyl (C=O) groups is 1. The number of hydrogen-bond donors (Lipinski definition) is 2. The number of aryl methyl sites for hydroxylation is 2. The highest BCUT2D eigenvalue weighted by molar-refractivity contribution is 6.05. The van der Waals surface area contributed by atoms with Gasteiger partial charge in [0.15, 0.2) is 5.65 Å². The lowest BCUT2D eigenvalue weighted by molar-refractivity contribution is -0.137. The molecule has 0 bridgehead atoms. The van der Waals surface area contributed by atoms with Crippen molar-refractivity contribution in [3.63, 3.8) is 0 Å². The molecular weight excluding hydrogens is 565 g/mol. The van der Waals surface area contributed by atoms with Gasteiger partial charge in [-0.15, -0.1) is 0 Å². The minimum absolute atomic E-state index is 0.103. The number of amides is 1. The monoisotopic (exact) mass is 596 g/mol. The van der Waals surface area contributed by atoms with Gasteiger partial charge < -0.3 is 20.4 Å². The third kappa shape index (κ3) is 5.82. The first kappa shape index (κ1) is 29.8. The van der Waals surface area contributed by atoms with E-state index in [0.717, 1.165) is 23.2 Å². The third-order valence-corrected chi connectivity index (χ3v) is 7.62. The van der Waals surface area contributed by atoms with E-state index in [1.165, 1.54) is 29.9 Å². The minimum atomic E-state index is -4.65. The largest absolute Gasteiger partial charge is 0.416 e. The van der Waals surface area contributed by atoms with Gasteiger partial charge in [-0.3, -0.25) is 14.2 Å². The van der Waals surface area contributed by atoms with Crippen LogP contribution in [0.1, 0.15) is 28.4 Å². The highest BCUT2D eigenvalue weighted by Gasteiger charge is 2.33. The summed E-state index contributed by atoms with van der Waals surface area (Å²) in [7, 11) is 3.08. The van der Waals surface area contributed by atoms with E-state index in [2.05, 4.69) is 25.5 Å². The van der Waals surface area contributed by atoms with Crippen molar-refractivity contribution in [2.24, 2.45) is 7.05 Å². The summed E-state index contributed by atoms with van der Waals surface area (Å²) >= 11 is 0. The number of nitrogens with one attached hydrogen (secondary N) is 2. The Hall–Kier alpha value is -4.72. The Morgan fingerprint density at radius 1 is 1.05 bits per heavy atom. The third-order valence-electron chi connectivity index (χ3n) is 7.62. The maximum atomic E-state index is 13.8. The summed E-state index contributed by atoms with van der Waals surface area (Å²) in [6.07, 6.45) is -3.33. The van der Waals surface area contributed by atoms with Crippen LogP contribution in [0.25, 0.3) is 16.7 Å². The fourth-order valence-corrected chi connectivity index (χ4v) is 5.10. The number of halogens is 3. The highest BCUT2D eigenvalue weighted by atomic mass is 19.4. The van der Waals surface area contributed by atoms with Crippen molar-refractivity contribution >= 4 is 34.3 Å². The Morgan fingerprint density at radius 2 is 1.77 bits per heavy atom. The predicted octanol–water partition coefficient (Wildman–Crippen LogP) is 3.24. The van der Waals surface area contributed by atoms with Crippen LogP contribution < -0.4 is 26.8 Å². The van der Waals surface area contributed by atoms with Crippen LogP contribution in [-0.2, 0) is 13.2 Å². The molecule has 2 aromatic carbocycles. The molecule has 1 amide bonds. The van der Waals surface area contributed by atoms with Gasteiger partial charge in [0.25, 0.3) is 11.5 Å². The Morgan fingerprint density at radius 3 is 2.42 bits per heavy atom. The molecule has 1 saturated heterocycles. The first-order chi connectivity index (χ1) is 20.4. The van der Waals surface area contributed by atoms with Crippen LogP contribution >= 0.6 is 0 Å². The van der Waals surface area contributed by atoms with Crippen LogP contribution in [0, 0.1) is 6.92 Å². The molecule has 0 atom stereocenters. The molecule has 0 unspecified atom stereocenters. The van der Waals surface area contributed by atoms with E-state index in [1.54, 1.807) is 26.1 Å². The van der Waals surface area contributed by atoms with Crippen LogP contribution in [0.15, 0.2) is 52.2 Å². The summed E-state index contributed by atoms with van der Waals surface area (Å²) in [6.45, 7) is 7.05. The molecule has 3 heterocycles. The van der Waals surface area contributed by atoms with Crippen molar-refractivity contribution in [2.45, 2.75) is 20.0 Å². The minimum Gasteiger partial charge on any atom is -0.369 e. The molecule has 43 heavy (non-hydrogen) atoms. The van der Waals surface area contributed by atoms with Gasteiger partial charge in [-0.05, 0) is 49.4 Å². The van der Waals surface area contributed by atoms with Gasteiger partial charge in [0, 0.05) is 63.4 Å². The van der Waals surface area contributed by atoms with Crippen molar-refractivity contribution < 1.29 is 18.0 Å². The molecule has 0 spiro atoms. The summed E-state index contributed by atoms with van der Waals surface area (Å²) < 4.78 is 43.7. The van der Waals surface area contributed by atoms with E-state index in [1.807, 2.05) is 11.8 Å². The van der Waals surface area contributed by atoms with E-state index >= 15 is 0 Å². The number of aromatic nitrogens is 4. The standard InChI is InChI=1S/C29H31F3N8O3/c1-5-38-8-10-39(11-9-38)21-13-18(12-19(14-21)29(30,31)32)25(41)35-20-7-6-17(2)23(15-20)40-26(42)22-16-34-27(33-3)36-24(22)37(4)28(40)43/h6-7,12-16H,5,8-11H2,1-4H3,(H,35,41)(H,33,34,36). The second-order valence-corrected chi connectivity index (χ2v) is 10.3. The number of rotatable bonds is 6. The van der Waals surface area contributed by atoms with Crippen LogP contribution in [-0.4, -0.2) is 69.7 Å². The molecule has 5 rings (SSSR count). The molecule has 4 aromatic rings. The number of benzene rings is 2. The number of likely N-dealkylation sites (N-methyl/N-ethyl adjacent to an activating group) is 1. The molecule has 14 heteroatoms. The zero-order valence-electron chi connectivity index (χ0n) is 24.1. The molecule has 1 fully saturated rings. The SMILES string of the molecule is CCN1CCN(c2cc(C(=O)Nc3ccc(C)c(-n4c(=O)c5cnc(NC)nc5n(C)c4=O)c3)cc(C(F)(F)F)c2)CC1. The van der Waals surface area contributed by atoms with Gasteiger partial charge in [0.05, 0.1) is 11.3 Å². The number of anilines is 3. The number of nitrogens with zero attached hydrogens (tertiary/aromatic N) is 6. The van der Waals surface area contributed by atoms with Gasteiger partial charge in [0.1, 0.15) is 5.39 Å². The molecule has 2 N–H and O–H groups in total. The molecule has 1 aliphatic heterocycles. The van der Waals surface area contributed by atoms with Crippen LogP contribution in [0.5, 0.6) is 0 Å². The molecule has 0 saturated carbocycles. The van der Waals surface area contributed by atoms with E-state index in [9.17, 15) is 27.6 Å². The number of fused-ring (bicyclic) bond motifs is 1. The van der Waals surface area contributed by atoms with Crippen molar-refractivity contribution in [3.05, 3.63) is 80.1 Å². The lowest BCUT2D eigenvalue weighted by Gasteiger charge is -2.36. The topological polar surface area (TPSA) is 117 Å². The van der Waals surface area contributed by atoms with E-state index in [-0.39, 0.29) is 33.9 Å². The van der Waals surface area contributed by atoms with Crippen molar-refractivity contribution in [1.29, 1.82) is 0 Å². The van der Waals surface area contributed by atoms with Crippen molar-refractivity contribution in [1.82, 2.24) is 24.0 Å². The normalized spacial score (nSPS) is 14.3. The van der Waals surface area contributed by atoms with Crippen molar-refractivity contribution in [3.8, 4) is 5.69 Å². The van der Waals surface area contributed by atoms with Crippen LogP contribution in [0.2, 0.25) is 0 Å². The summed E-state index contributed by atoms with van der Waals surface area (Å²) in [5, 5.41) is 5.50. The molecular formula is C29H31F3N8O3. The lowest BCUT2D eigenvalue weighted by atomic mass is 10.1. The smallest absolute Gasteiger partial charge is 0.369 e. The first-order valence-corrected chi connectivity index (χ1v) is 13.7. The molecule has 0 aliphatic carbocycles. The molecule has 0 radical (unpaired) electrons. The summed E-state index contributed by atoms with van der Waals surface area (Å²) in [6, 6.07) is 7.92. The van der Waals surface area contributed by atoms with E-state index in [4.69, 9.17) is 0 Å². The quantitative estimate of drug-likeness (QED) is 0.349. The number of hydrogen-bond acceptors (Lipinski definition) is 8. The number of carbonyl (C=O) groups excluding carboxylic acids is 1. The zero-order chi connectivity index (χ0) is 31.1. The predicted molar refractivity (Wildman–Crippen MR) is 158 cm³/mol. The number of piperazine rings is 1. The molecule has 2 aromatic heterocycles. The van der Waals surface area contributed by atoms with Crippen molar-refractivity contribution in [2.75, 3.05) is 55.3 Å². The summed E-state index contributed by atoms with van der Waals surface area (Å²) in [5.74, 6) is -0.525. The average Bonchev–Trinajstić information content (AvgIpc) is 3.00. The lowest BCUT2D eigenvalue weighted by Crippen LogP contribution is -2.46. The second-order valence-electron chi connectivity index (χ2n) is 10.3. The van der Waals surface area contributed by atoms with Gasteiger partial charge in [-0.25, -0.2) is 14.3 Å². The van der Waals surface area contributed by atoms with Gasteiger partial charge in [-0.1, -0.05) is 13.0 Å². The first-order valence-electron chi connectivity index (χ1n) is 13.7. The molecule has 11 nitrogen and oxygen atoms in total. The zero-order valence-corrected chi connectivity index (χ0v) is 24.1. The summed E-state index contributed by atoms with van der Waals surface area (Å²) in [5.41, 5.74) is -1.02. The highest BCUT2D eigenvalue weighted by Crippen LogP contribution is 2.34. The second kappa shape index (κ2) is 11.5. The fraction of sp³-hybridized carbons (Fsp3) is 0.345. The van der Waals surface area contributed by atoms with Crippen LogP contribution in [0.4, 0.5) is 30.5 Å². The Balaban J connectivity index is 1.51. The average molecular weight is 597 g/mol. The van der Waals surface area contributed by atoms with E-state index in [0.29, 0.717) is 37.4 Å². The molecule has 226 valence electrons. The van der Waals surface area contributed by atoms with E-state index < -0.39 is 28.9 Å². The number of alkyl halides is 3. The van der Waals surface area contributed by atoms with Gasteiger partial charge in [-0.2, -0.15) is 18.2 Å². The van der Waals surface area contributed by atoms with Crippen LogP contribution in [0.3, 0.4) is 0 Å². The Labute approximate surface area is 244 Å². The summed E-state index contributed by atoms with van der Waals surface area (Å²) in [4.78, 5) is 52.4. The van der Waals surface area contributed by atoms with Gasteiger partial charge >= 0.3 is 11.9 Å². The maximum absolute atomic E-state index is 13.8. The maximum Gasteiger partial charge on any atom is 0.416 e. The molecule has 1 aliphatic rings.